The summed E-state index contributed by atoms with van der Waals surface area (Å²) in [5.74, 6) is 2.39. The first-order chi connectivity index (χ1) is 37.2. The van der Waals surface area contributed by atoms with Gasteiger partial charge in [-0.05, 0) is 152 Å². The molecule has 11 nitrogen and oxygen atoms in total. The Labute approximate surface area is 448 Å². The summed E-state index contributed by atoms with van der Waals surface area (Å²) >= 11 is 0. The number of carbonyl (C=O) groups excluding carboxylic acids is 1. The van der Waals surface area contributed by atoms with Crippen LogP contribution < -0.4 is 34.1 Å². The number of aliphatic hydroxyl groups excluding tert-OH is 2. The van der Waals surface area contributed by atoms with E-state index in [1.165, 1.54) is 44.1 Å². The zero-order valence-electron chi connectivity index (χ0n) is 44.3. The van der Waals surface area contributed by atoms with Crippen molar-refractivity contribution in [3.63, 3.8) is 0 Å². The maximum absolute atomic E-state index is 12.3. The highest BCUT2D eigenvalue weighted by Gasteiger charge is 2.49. The number of aromatic hydroxyl groups is 1. The van der Waals surface area contributed by atoms with Gasteiger partial charge < -0.3 is 49.5 Å². The number of methoxy groups -OCH3 is 1. The van der Waals surface area contributed by atoms with Crippen LogP contribution >= 0.6 is 0 Å². The third-order valence-electron chi connectivity index (χ3n) is 17.6. The van der Waals surface area contributed by atoms with Gasteiger partial charge in [-0.2, -0.15) is 0 Å². The second kappa shape index (κ2) is 22.6. The Kier molecular flexibility index (Phi) is 15.3. The molecule has 0 amide bonds. The first-order valence-electron chi connectivity index (χ1n) is 28.0. The van der Waals surface area contributed by atoms with E-state index in [2.05, 4.69) is 71.7 Å². The van der Waals surface area contributed by atoms with Gasteiger partial charge in [-0.25, -0.2) is 0 Å². The van der Waals surface area contributed by atoms with Gasteiger partial charge in [0.2, 0.25) is 5.75 Å². The molecule has 3 fully saturated rings. The summed E-state index contributed by atoms with van der Waals surface area (Å²) in [6.07, 6.45) is 15.3. The zero-order chi connectivity index (χ0) is 52.2. The third-order valence-corrected chi connectivity index (χ3v) is 17.6. The van der Waals surface area contributed by atoms with Gasteiger partial charge in [0.05, 0.1) is 26.4 Å². The van der Waals surface area contributed by atoms with E-state index in [4.69, 9.17) is 23.9 Å². The Morgan fingerprint density at radius 1 is 0.868 bits per heavy atom. The first-order valence-corrected chi connectivity index (χ1v) is 28.0. The molecule has 4 atom stereocenters. The van der Waals surface area contributed by atoms with Gasteiger partial charge in [-0.15, -0.1) is 0 Å². The lowest BCUT2D eigenvalue weighted by Crippen LogP contribution is -2.62. The topological polar surface area (TPSA) is 148 Å². The van der Waals surface area contributed by atoms with Crippen LogP contribution in [-0.2, 0) is 31.1 Å². The smallest absolute Gasteiger partial charge is 0.335 e. The lowest BCUT2D eigenvalue weighted by molar-refractivity contribution is 0.107. The highest BCUT2D eigenvalue weighted by atomic mass is 16.5. The maximum atomic E-state index is 12.3. The number of ether oxygens (including phenoxy) is 4. The van der Waals surface area contributed by atoms with Crippen molar-refractivity contribution in [1.29, 1.82) is 0 Å². The van der Waals surface area contributed by atoms with Crippen LogP contribution in [0.3, 0.4) is 0 Å². The second-order valence-corrected chi connectivity index (χ2v) is 22.3. The quantitative estimate of drug-likeness (QED) is 0.0978. The number of piperazine rings is 1. The summed E-state index contributed by atoms with van der Waals surface area (Å²) in [7, 11) is 1.58. The molecule has 1 saturated heterocycles. The number of phenols is 1. The molecule has 2 aliphatic carbocycles. The molecule has 398 valence electrons. The minimum atomic E-state index is -0.807. The molecule has 5 N–H and O–H groups in total. The van der Waals surface area contributed by atoms with Crippen LogP contribution in [0.1, 0.15) is 122 Å². The normalized spacial score (nSPS) is 21.5. The number of hydrogen-bond acceptors (Lipinski definition) is 9. The number of hydrogen-bond donors (Lipinski definition) is 4. The summed E-state index contributed by atoms with van der Waals surface area (Å²) in [6.45, 7) is 5.00. The van der Waals surface area contributed by atoms with E-state index < -0.39 is 12.2 Å². The zero-order valence-corrected chi connectivity index (χ0v) is 44.3. The molecule has 11 heteroatoms. The van der Waals surface area contributed by atoms with E-state index in [0.717, 1.165) is 83.8 Å². The fourth-order valence-electron chi connectivity index (χ4n) is 13.3. The predicted octanol–water partition coefficient (Wildman–Crippen LogP) is 11.0. The lowest BCUT2D eigenvalue weighted by atomic mass is 9.57. The van der Waals surface area contributed by atoms with Crippen LogP contribution in [0.15, 0.2) is 115 Å². The highest BCUT2D eigenvalue weighted by Crippen LogP contribution is 2.57. The predicted molar refractivity (Wildman–Crippen MR) is 300 cm³/mol. The number of nitrogens with zero attached hydrogens (tertiary/aromatic N) is 2. The van der Waals surface area contributed by atoms with E-state index in [9.17, 15) is 20.1 Å². The Balaban J connectivity index is 1.02. The number of aryl methyl sites for hydroxylation is 2. The number of anilines is 1. The first kappa shape index (κ1) is 51.6. The summed E-state index contributed by atoms with van der Waals surface area (Å²) in [6, 6.07) is 37.4. The summed E-state index contributed by atoms with van der Waals surface area (Å²) < 4.78 is 27.0. The molecule has 6 aliphatic rings. The third kappa shape index (κ3) is 10.5. The number of ketones is 1. The SMILES string of the molecule is CCc1cc2c([n-]1)N1CCNCC1C1(CCC3(CCCC3)CC1)c1ccc(cc1)CC(CO)COc1c(c3c(c(OCCC(O)C=Cc4ccccc4)c1OC)C(=[OH+])CC(c1ccc(O)cc1)O3)CCc1cccc-2c1. The summed E-state index contributed by atoms with van der Waals surface area (Å²) in [4.78, 5) is 20.4. The van der Waals surface area contributed by atoms with Crippen molar-refractivity contribution in [3.05, 3.63) is 160 Å². The van der Waals surface area contributed by atoms with Crippen molar-refractivity contribution >= 4 is 17.7 Å². The van der Waals surface area contributed by atoms with Gasteiger partial charge in [0.15, 0.2) is 17.1 Å². The van der Waals surface area contributed by atoms with E-state index in [0.29, 0.717) is 53.1 Å². The minimum absolute atomic E-state index is 0.0623. The number of phenolic OH excluding ortho intramolecular Hbond substituents is 1. The molecule has 76 heavy (non-hydrogen) atoms. The number of aromatic nitrogens is 1. The fraction of sp³-hybridized carbons (Fsp3) is 0.431. The van der Waals surface area contributed by atoms with E-state index in [-0.39, 0.29) is 67.3 Å². The van der Waals surface area contributed by atoms with Crippen molar-refractivity contribution in [2.75, 3.05) is 51.5 Å². The average Bonchev–Trinajstić information content (AvgIpc) is 4.18. The van der Waals surface area contributed by atoms with Crippen molar-refractivity contribution in [1.82, 2.24) is 10.3 Å². The molecule has 4 aliphatic heterocycles. The number of aliphatic hydroxyl groups is 2. The molecule has 12 rings (SSSR count). The number of rotatable bonds is 10. The summed E-state index contributed by atoms with van der Waals surface area (Å²) in [5.41, 5.74) is 10.2. The largest absolute Gasteiger partial charge is 0.508 e. The molecule has 6 aromatic rings. The highest BCUT2D eigenvalue weighted by molar-refractivity contribution is 6.05. The Morgan fingerprint density at radius 3 is 2.41 bits per heavy atom. The van der Waals surface area contributed by atoms with Gasteiger partial charge in [-0.3, -0.25) is 4.79 Å². The maximum Gasteiger partial charge on any atom is 0.335 e. The Bertz CT molecular complexity index is 2990. The molecular weight excluding hydrogens is 951 g/mol. The summed E-state index contributed by atoms with van der Waals surface area (Å²) in [5, 5.41) is 36.4. The van der Waals surface area contributed by atoms with Gasteiger partial charge in [-0.1, -0.05) is 140 Å². The molecule has 1 aromatic heterocycles. The monoisotopic (exact) mass is 1030 g/mol. The van der Waals surface area contributed by atoms with Crippen LogP contribution in [-0.4, -0.2) is 84.6 Å². The van der Waals surface area contributed by atoms with Crippen molar-refractivity contribution in [2.45, 2.75) is 120 Å². The van der Waals surface area contributed by atoms with Gasteiger partial charge in [0.25, 0.3) is 0 Å². The van der Waals surface area contributed by atoms with Crippen LogP contribution in [0.2, 0.25) is 0 Å². The molecule has 4 unspecified atom stereocenters. The van der Waals surface area contributed by atoms with Crippen LogP contribution in [0.25, 0.3) is 17.2 Å². The van der Waals surface area contributed by atoms with Crippen molar-refractivity contribution in [2.24, 2.45) is 11.3 Å². The average molecular weight is 1030 g/mol. The number of fused-ring (bicyclic) bond motifs is 7. The van der Waals surface area contributed by atoms with Gasteiger partial charge in [0, 0.05) is 24.5 Å². The van der Waals surface area contributed by atoms with Crippen LogP contribution in [0.5, 0.6) is 28.7 Å². The molecule has 2 saturated carbocycles. The molecule has 5 aromatic carbocycles. The van der Waals surface area contributed by atoms with Gasteiger partial charge in [0.1, 0.15) is 24.0 Å². The van der Waals surface area contributed by atoms with E-state index >= 15 is 0 Å². The van der Waals surface area contributed by atoms with Crippen LogP contribution in [0, 0.1) is 11.3 Å². The minimum Gasteiger partial charge on any atom is -0.508 e. The molecule has 0 radical (unpaired) electrons. The van der Waals surface area contributed by atoms with Gasteiger partial charge >= 0.3 is 5.78 Å². The molecular formula is C65H75N3O8. The van der Waals surface area contributed by atoms with Crippen LogP contribution in [0.4, 0.5) is 5.82 Å². The standard InChI is InChI=1S/C65H74N3O8/c1-3-50-38-54-48-13-9-12-44(37-48)17-25-53-59-58(55(72)39-56(76-59)47-18-23-51(70)24-19-47)61(74-35-26-52(71)22-16-43-10-5-4-6-11-43)62(73-2)60(53)75-42-46(41-69)36-45-14-20-49(21-15-45)65(31-29-64(30-32-65)27-7-8-28-64)57-40-66-33-34-68(57)63(54)67-50/h4-6,9-16,18-24,37-38,46,52,56-57,66,69-71H,3,7-8,17,25-36,39-42H2,1-2H3/q-1/p+1. The number of nitrogens with one attached hydrogen (secondary N) is 1. The Hall–Kier alpha value is -6.53. The second-order valence-electron chi connectivity index (χ2n) is 22.3. The van der Waals surface area contributed by atoms with Crippen molar-refractivity contribution in [3.8, 4) is 39.9 Å². The molecule has 4 bridgehead atoms. The molecule has 2 spiro atoms. The van der Waals surface area contributed by atoms with E-state index in [1.807, 2.05) is 48.5 Å². The van der Waals surface area contributed by atoms with Crippen molar-refractivity contribution < 1.29 is 39.1 Å². The fourth-order valence-corrected chi connectivity index (χ4v) is 13.3. The molecule has 5 heterocycles. The lowest BCUT2D eigenvalue weighted by Gasteiger charge is -2.58. The van der Waals surface area contributed by atoms with E-state index in [1.54, 1.807) is 25.3 Å². The number of benzene rings is 5. The Morgan fingerprint density at radius 2 is 1.66 bits per heavy atom.